The van der Waals surface area contributed by atoms with E-state index in [0.29, 0.717) is 11.4 Å². The summed E-state index contributed by atoms with van der Waals surface area (Å²) in [7, 11) is 1.57. The molecule has 2 aromatic rings. The number of aliphatic hydroxyl groups excluding tert-OH is 1. The van der Waals surface area contributed by atoms with E-state index < -0.39 is 12.1 Å². The SMILES string of the molecule is COc1ccc2cc([C@@H](O)CC(=O)O)[nH]c2c1. The van der Waals surface area contributed by atoms with E-state index >= 15 is 0 Å². The fourth-order valence-corrected chi connectivity index (χ4v) is 1.71. The molecule has 90 valence electrons. The Kier molecular flexibility index (Phi) is 3.01. The van der Waals surface area contributed by atoms with Crippen LogP contribution in [-0.4, -0.2) is 28.3 Å². The Morgan fingerprint density at radius 1 is 1.47 bits per heavy atom. The number of fused-ring (bicyclic) bond motifs is 1. The van der Waals surface area contributed by atoms with Crippen molar-refractivity contribution >= 4 is 16.9 Å². The minimum atomic E-state index is -1.03. The standard InChI is InChI=1S/C12H13NO4/c1-17-8-3-2-7-4-10(13-9(7)5-8)11(14)6-12(15)16/h2-5,11,13-14H,6H2,1H3,(H,15,16)/t11-/m0/s1. The van der Waals surface area contributed by atoms with Gasteiger partial charge in [0.05, 0.1) is 13.5 Å². The average molecular weight is 235 g/mol. The van der Waals surface area contributed by atoms with Gasteiger partial charge < -0.3 is 19.9 Å². The maximum absolute atomic E-state index is 10.5. The van der Waals surface area contributed by atoms with E-state index in [-0.39, 0.29) is 6.42 Å². The van der Waals surface area contributed by atoms with Crippen LogP contribution in [0.25, 0.3) is 10.9 Å². The van der Waals surface area contributed by atoms with Crippen LogP contribution in [0.15, 0.2) is 24.3 Å². The molecule has 0 spiro atoms. The quantitative estimate of drug-likeness (QED) is 0.753. The lowest BCUT2D eigenvalue weighted by Crippen LogP contribution is -2.05. The van der Waals surface area contributed by atoms with Crippen molar-refractivity contribution in [3.63, 3.8) is 0 Å². The molecule has 0 unspecified atom stereocenters. The fraction of sp³-hybridized carbons (Fsp3) is 0.250. The first-order valence-electron chi connectivity index (χ1n) is 5.16. The molecule has 0 amide bonds. The Hall–Kier alpha value is -2.01. The van der Waals surface area contributed by atoms with Gasteiger partial charge in [-0.2, -0.15) is 0 Å². The van der Waals surface area contributed by atoms with Gasteiger partial charge in [-0.15, -0.1) is 0 Å². The highest BCUT2D eigenvalue weighted by Crippen LogP contribution is 2.25. The van der Waals surface area contributed by atoms with Crippen LogP contribution in [0.1, 0.15) is 18.2 Å². The van der Waals surface area contributed by atoms with Crippen LogP contribution in [-0.2, 0) is 4.79 Å². The number of nitrogens with one attached hydrogen (secondary N) is 1. The number of carbonyl (C=O) groups is 1. The Morgan fingerprint density at radius 2 is 2.24 bits per heavy atom. The molecular weight excluding hydrogens is 222 g/mol. The van der Waals surface area contributed by atoms with E-state index in [9.17, 15) is 9.90 Å². The molecule has 5 nitrogen and oxygen atoms in total. The van der Waals surface area contributed by atoms with Gasteiger partial charge in [-0.25, -0.2) is 0 Å². The van der Waals surface area contributed by atoms with Gasteiger partial charge in [0.25, 0.3) is 0 Å². The Morgan fingerprint density at radius 3 is 2.88 bits per heavy atom. The van der Waals surface area contributed by atoms with Gasteiger partial charge in [-0.05, 0) is 18.2 Å². The molecule has 1 aromatic heterocycles. The molecule has 3 N–H and O–H groups in total. The Bertz CT molecular complexity index is 546. The fourth-order valence-electron chi connectivity index (χ4n) is 1.71. The number of hydrogen-bond donors (Lipinski definition) is 3. The van der Waals surface area contributed by atoms with Crippen molar-refractivity contribution in [1.82, 2.24) is 4.98 Å². The van der Waals surface area contributed by atoms with E-state index in [1.54, 1.807) is 19.2 Å². The molecule has 0 bridgehead atoms. The number of methoxy groups -OCH3 is 1. The molecule has 1 heterocycles. The van der Waals surface area contributed by atoms with Gasteiger partial charge in [0.1, 0.15) is 11.9 Å². The Balaban J connectivity index is 2.33. The second kappa shape index (κ2) is 4.47. The van der Waals surface area contributed by atoms with Gasteiger partial charge in [0.15, 0.2) is 0 Å². The maximum Gasteiger partial charge on any atom is 0.306 e. The van der Waals surface area contributed by atoms with E-state index in [2.05, 4.69) is 4.98 Å². The molecular formula is C12H13NO4. The average Bonchev–Trinajstić information content (AvgIpc) is 2.70. The normalized spacial score (nSPS) is 12.6. The van der Waals surface area contributed by atoms with E-state index in [4.69, 9.17) is 9.84 Å². The number of aliphatic carboxylic acids is 1. The van der Waals surface area contributed by atoms with Crippen molar-refractivity contribution in [2.45, 2.75) is 12.5 Å². The topological polar surface area (TPSA) is 82.6 Å². The smallest absolute Gasteiger partial charge is 0.306 e. The summed E-state index contributed by atoms with van der Waals surface area (Å²) in [5.41, 5.74) is 1.31. The third kappa shape index (κ3) is 2.39. The van der Waals surface area contributed by atoms with Gasteiger partial charge in [0, 0.05) is 22.7 Å². The number of aliphatic hydroxyl groups is 1. The third-order valence-corrected chi connectivity index (χ3v) is 2.58. The summed E-state index contributed by atoms with van der Waals surface area (Å²) in [4.78, 5) is 13.5. The predicted molar refractivity (Wildman–Crippen MR) is 62.1 cm³/mol. The second-order valence-electron chi connectivity index (χ2n) is 3.79. The largest absolute Gasteiger partial charge is 0.497 e. The van der Waals surface area contributed by atoms with E-state index in [0.717, 1.165) is 10.9 Å². The predicted octanol–water partition coefficient (Wildman–Crippen LogP) is 1.68. The summed E-state index contributed by atoms with van der Waals surface area (Å²) in [5, 5.41) is 19.2. The summed E-state index contributed by atoms with van der Waals surface area (Å²) in [6.07, 6.45) is -1.34. The van der Waals surface area contributed by atoms with Crippen LogP contribution >= 0.6 is 0 Å². The van der Waals surface area contributed by atoms with Crippen LogP contribution in [0, 0.1) is 0 Å². The number of ether oxygens (including phenoxy) is 1. The first kappa shape index (κ1) is 11.5. The molecule has 5 heteroatoms. The number of carboxylic acid groups (broad SMARTS) is 1. The number of aromatic amines is 1. The molecule has 0 saturated heterocycles. The zero-order valence-electron chi connectivity index (χ0n) is 9.30. The van der Waals surface area contributed by atoms with Crippen molar-refractivity contribution in [1.29, 1.82) is 0 Å². The lowest BCUT2D eigenvalue weighted by molar-refractivity contribution is -0.139. The van der Waals surface area contributed by atoms with Gasteiger partial charge in [-0.1, -0.05) is 0 Å². The highest BCUT2D eigenvalue weighted by Gasteiger charge is 2.14. The maximum atomic E-state index is 10.5. The van der Waals surface area contributed by atoms with Gasteiger partial charge in [0.2, 0.25) is 0 Å². The molecule has 0 radical (unpaired) electrons. The minimum Gasteiger partial charge on any atom is -0.497 e. The van der Waals surface area contributed by atoms with Crippen molar-refractivity contribution in [2.24, 2.45) is 0 Å². The number of aromatic nitrogens is 1. The number of carboxylic acids is 1. The van der Waals surface area contributed by atoms with Gasteiger partial charge >= 0.3 is 5.97 Å². The second-order valence-corrected chi connectivity index (χ2v) is 3.79. The molecule has 0 fully saturated rings. The summed E-state index contributed by atoms with van der Waals surface area (Å²) in [6.45, 7) is 0. The van der Waals surface area contributed by atoms with Crippen molar-refractivity contribution in [3.8, 4) is 5.75 Å². The van der Waals surface area contributed by atoms with E-state index in [1.807, 2.05) is 12.1 Å². The van der Waals surface area contributed by atoms with Crippen LogP contribution in [0.4, 0.5) is 0 Å². The van der Waals surface area contributed by atoms with Crippen molar-refractivity contribution in [2.75, 3.05) is 7.11 Å². The summed E-state index contributed by atoms with van der Waals surface area (Å²) in [5.74, 6) is -0.327. The first-order chi connectivity index (χ1) is 8.10. The molecule has 17 heavy (non-hydrogen) atoms. The molecule has 1 aromatic carbocycles. The summed E-state index contributed by atoms with van der Waals surface area (Å²) >= 11 is 0. The zero-order valence-corrected chi connectivity index (χ0v) is 9.30. The minimum absolute atomic E-state index is 0.316. The summed E-state index contributed by atoms with van der Waals surface area (Å²) < 4.78 is 5.08. The molecule has 2 rings (SSSR count). The monoisotopic (exact) mass is 235 g/mol. The van der Waals surface area contributed by atoms with E-state index in [1.165, 1.54) is 0 Å². The molecule has 0 aliphatic rings. The molecule has 0 saturated carbocycles. The highest BCUT2D eigenvalue weighted by molar-refractivity contribution is 5.82. The van der Waals surface area contributed by atoms with Crippen molar-refractivity contribution < 1.29 is 19.7 Å². The van der Waals surface area contributed by atoms with Crippen LogP contribution in [0.2, 0.25) is 0 Å². The van der Waals surface area contributed by atoms with Crippen LogP contribution in [0.5, 0.6) is 5.75 Å². The molecule has 0 aliphatic heterocycles. The molecule has 1 atom stereocenters. The van der Waals surface area contributed by atoms with Crippen LogP contribution in [0.3, 0.4) is 0 Å². The van der Waals surface area contributed by atoms with Gasteiger partial charge in [-0.3, -0.25) is 4.79 Å². The third-order valence-electron chi connectivity index (χ3n) is 2.58. The lowest BCUT2D eigenvalue weighted by Gasteiger charge is -2.03. The first-order valence-corrected chi connectivity index (χ1v) is 5.16. The highest BCUT2D eigenvalue weighted by atomic mass is 16.5. The number of hydrogen-bond acceptors (Lipinski definition) is 3. The number of H-pyrrole nitrogens is 1. The lowest BCUT2D eigenvalue weighted by atomic mass is 10.2. The zero-order chi connectivity index (χ0) is 12.4. The summed E-state index contributed by atoms with van der Waals surface area (Å²) in [6, 6.07) is 7.19. The molecule has 0 aliphatic carbocycles. The van der Waals surface area contributed by atoms with Crippen LogP contribution < -0.4 is 4.74 Å². The van der Waals surface area contributed by atoms with Crippen molar-refractivity contribution in [3.05, 3.63) is 30.0 Å². The number of benzene rings is 1. The Labute approximate surface area is 97.6 Å². The number of rotatable bonds is 4.